The van der Waals surface area contributed by atoms with Gasteiger partial charge in [-0.1, -0.05) is 6.92 Å². The smallest absolute Gasteiger partial charge is 0.0997 e. The fraction of sp³-hybridized carbons (Fsp3) is 1.00. The van der Waals surface area contributed by atoms with Crippen LogP contribution in [0.2, 0.25) is 0 Å². The molecule has 0 amide bonds. The van der Waals surface area contributed by atoms with Crippen LogP contribution in [0.5, 0.6) is 0 Å². The third-order valence-corrected chi connectivity index (χ3v) is 2.86. The quantitative estimate of drug-likeness (QED) is 0.636. The minimum Gasteiger partial charge on any atom is -0.377 e. The molecule has 1 aliphatic rings. The van der Waals surface area contributed by atoms with Crippen molar-refractivity contribution < 1.29 is 9.47 Å². The van der Waals surface area contributed by atoms with Crippen LogP contribution < -0.4 is 0 Å². The van der Waals surface area contributed by atoms with E-state index in [1.165, 1.54) is 0 Å². The molecule has 4 atom stereocenters. The molecule has 12 heavy (non-hydrogen) atoms. The van der Waals surface area contributed by atoms with Gasteiger partial charge in [0, 0.05) is 7.11 Å². The molecule has 72 valence electrons. The van der Waals surface area contributed by atoms with Crippen molar-refractivity contribution in [3.8, 4) is 0 Å². The summed E-state index contributed by atoms with van der Waals surface area (Å²) in [6, 6.07) is 0. The predicted octanol–water partition coefficient (Wildman–Crippen LogP) is 2.20. The van der Waals surface area contributed by atoms with Crippen molar-refractivity contribution in [1.29, 1.82) is 0 Å². The lowest BCUT2D eigenvalue weighted by Gasteiger charge is -2.40. The van der Waals surface area contributed by atoms with Crippen LogP contribution in [0.25, 0.3) is 0 Å². The number of hydrogen-bond acceptors (Lipinski definition) is 2. The van der Waals surface area contributed by atoms with E-state index in [0.717, 1.165) is 12.8 Å². The second-order valence-corrected chi connectivity index (χ2v) is 3.91. The first-order chi connectivity index (χ1) is 5.69. The summed E-state index contributed by atoms with van der Waals surface area (Å²) in [5.74, 6) is 0. The largest absolute Gasteiger partial charge is 0.377 e. The fourth-order valence-electron chi connectivity index (χ4n) is 1.35. The maximum Gasteiger partial charge on any atom is 0.0997 e. The summed E-state index contributed by atoms with van der Waals surface area (Å²) in [5, 5.41) is 0.143. The highest BCUT2D eigenvalue weighted by atomic mass is 35.5. The highest BCUT2D eigenvalue weighted by molar-refractivity contribution is 6.21. The number of halogens is 1. The van der Waals surface area contributed by atoms with E-state index >= 15 is 0 Å². The van der Waals surface area contributed by atoms with Crippen LogP contribution in [0.15, 0.2) is 0 Å². The molecule has 0 saturated heterocycles. The van der Waals surface area contributed by atoms with Crippen LogP contribution in [-0.4, -0.2) is 30.8 Å². The molecule has 1 saturated carbocycles. The normalized spacial score (nSPS) is 37.5. The fourth-order valence-corrected chi connectivity index (χ4v) is 1.80. The SMILES string of the molecule is CCC(C)OC1CC(Cl)C1OC. The van der Waals surface area contributed by atoms with Gasteiger partial charge in [-0.15, -0.1) is 11.6 Å². The molecular formula is C9H17ClO2. The average Bonchev–Trinajstić information content (AvgIpc) is 2.04. The van der Waals surface area contributed by atoms with E-state index in [9.17, 15) is 0 Å². The van der Waals surface area contributed by atoms with E-state index in [2.05, 4.69) is 13.8 Å². The third kappa shape index (κ3) is 2.12. The van der Waals surface area contributed by atoms with E-state index in [4.69, 9.17) is 21.1 Å². The standard InChI is InChI=1S/C9H17ClO2/c1-4-6(2)12-8-5-7(10)9(8)11-3/h6-9H,4-5H2,1-3H3. The maximum absolute atomic E-state index is 5.93. The van der Waals surface area contributed by atoms with Crippen molar-refractivity contribution in [2.75, 3.05) is 7.11 Å². The number of alkyl halides is 1. The van der Waals surface area contributed by atoms with Crippen molar-refractivity contribution in [2.45, 2.75) is 50.4 Å². The van der Waals surface area contributed by atoms with Crippen LogP contribution >= 0.6 is 11.6 Å². The molecule has 0 bridgehead atoms. The first-order valence-corrected chi connectivity index (χ1v) is 4.95. The monoisotopic (exact) mass is 192 g/mol. The molecule has 2 nitrogen and oxygen atoms in total. The lowest BCUT2D eigenvalue weighted by atomic mass is 9.91. The van der Waals surface area contributed by atoms with Gasteiger partial charge in [0.25, 0.3) is 0 Å². The van der Waals surface area contributed by atoms with Crippen LogP contribution in [0.3, 0.4) is 0 Å². The molecule has 1 aliphatic carbocycles. The van der Waals surface area contributed by atoms with Crippen LogP contribution in [0, 0.1) is 0 Å². The van der Waals surface area contributed by atoms with Crippen molar-refractivity contribution in [2.24, 2.45) is 0 Å². The van der Waals surface area contributed by atoms with Gasteiger partial charge in [-0.25, -0.2) is 0 Å². The van der Waals surface area contributed by atoms with E-state index in [0.29, 0.717) is 6.10 Å². The molecule has 0 aliphatic heterocycles. The molecule has 0 N–H and O–H groups in total. The molecule has 0 aromatic rings. The van der Waals surface area contributed by atoms with E-state index in [-0.39, 0.29) is 17.6 Å². The molecule has 0 aromatic heterocycles. The van der Waals surface area contributed by atoms with Crippen molar-refractivity contribution in [1.82, 2.24) is 0 Å². The molecule has 1 fully saturated rings. The zero-order chi connectivity index (χ0) is 9.14. The summed E-state index contributed by atoms with van der Waals surface area (Å²) in [5.41, 5.74) is 0. The summed E-state index contributed by atoms with van der Waals surface area (Å²) in [7, 11) is 1.69. The molecule has 0 spiro atoms. The zero-order valence-electron chi connectivity index (χ0n) is 7.92. The van der Waals surface area contributed by atoms with Gasteiger partial charge in [0.1, 0.15) is 0 Å². The van der Waals surface area contributed by atoms with Gasteiger partial charge >= 0.3 is 0 Å². The summed E-state index contributed by atoms with van der Waals surface area (Å²) >= 11 is 5.93. The summed E-state index contributed by atoms with van der Waals surface area (Å²) in [4.78, 5) is 0. The van der Waals surface area contributed by atoms with Crippen molar-refractivity contribution >= 4 is 11.6 Å². The summed E-state index contributed by atoms with van der Waals surface area (Å²) < 4.78 is 10.9. The Morgan fingerprint density at radius 3 is 2.67 bits per heavy atom. The Hall–Kier alpha value is 0.210. The Morgan fingerprint density at radius 2 is 2.25 bits per heavy atom. The zero-order valence-corrected chi connectivity index (χ0v) is 8.67. The highest BCUT2D eigenvalue weighted by Gasteiger charge is 2.41. The molecule has 0 heterocycles. The third-order valence-electron chi connectivity index (χ3n) is 2.43. The van der Waals surface area contributed by atoms with Gasteiger partial charge in [0.15, 0.2) is 0 Å². The first kappa shape index (κ1) is 10.3. The van der Waals surface area contributed by atoms with Gasteiger partial charge in [0.2, 0.25) is 0 Å². The minimum absolute atomic E-state index is 0.0978. The number of ether oxygens (including phenoxy) is 2. The topological polar surface area (TPSA) is 18.5 Å². The van der Waals surface area contributed by atoms with E-state index in [1.54, 1.807) is 7.11 Å². The Balaban J connectivity index is 2.26. The Morgan fingerprint density at radius 1 is 1.58 bits per heavy atom. The minimum atomic E-state index is 0.0978. The Bertz CT molecular complexity index is 140. The van der Waals surface area contributed by atoms with Gasteiger partial charge in [0.05, 0.1) is 23.7 Å². The number of hydrogen-bond donors (Lipinski definition) is 0. The second-order valence-electron chi connectivity index (χ2n) is 3.35. The van der Waals surface area contributed by atoms with Gasteiger partial charge < -0.3 is 9.47 Å². The lowest BCUT2D eigenvalue weighted by molar-refractivity contribution is -0.133. The van der Waals surface area contributed by atoms with Gasteiger partial charge in [-0.05, 0) is 19.8 Å². The lowest BCUT2D eigenvalue weighted by Crippen LogP contribution is -2.51. The summed E-state index contributed by atoms with van der Waals surface area (Å²) in [6.45, 7) is 4.19. The highest BCUT2D eigenvalue weighted by Crippen LogP contribution is 2.32. The molecule has 3 heteroatoms. The number of rotatable bonds is 4. The molecular weight excluding hydrogens is 176 g/mol. The molecule has 0 radical (unpaired) electrons. The van der Waals surface area contributed by atoms with Crippen LogP contribution in [0.1, 0.15) is 26.7 Å². The van der Waals surface area contributed by atoms with Crippen LogP contribution in [0.4, 0.5) is 0 Å². The van der Waals surface area contributed by atoms with E-state index in [1.807, 2.05) is 0 Å². The van der Waals surface area contributed by atoms with Crippen molar-refractivity contribution in [3.05, 3.63) is 0 Å². The predicted molar refractivity (Wildman–Crippen MR) is 49.7 cm³/mol. The van der Waals surface area contributed by atoms with Gasteiger partial charge in [-0.2, -0.15) is 0 Å². The molecule has 0 aromatic carbocycles. The van der Waals surface area contributed by atoms with Crippen molar-refractivity contribution in [3.63, 3.8) is 0 Å². The number of methoxy groups -OCH3 is 1. The Kier molecular flexibility index (Phi) is 3.81. The maximum atomic E-state index is 5.93. The average molecular weight is 193 g/mol. The van der Waals surface area contributed by atoms with E-state index < -0.39 is 0 Å². The molecule has 1 rings (SSSR count). The molecule has 4 unspecified atom stereocenters. The Labute approximate surface area is 79.2 Å². The van der Waals surface area contributed by atoms with Crippen LogP contribution in [-0.2, 0) is 9.47 Å². The second kappa shape index (κ2) is 4.45. The summed E-state index contributed by atoms with van der Waals surface area (Å²) in [6.07, 6.45) is 2.59. The van der Waals surface area contributed by atoms with Gasteiger partial charge in [-0.3, -0.25) is 0 Å². The first-order valence-electron chi connectivity index (χ1n) is 4.51.